The number of carbonyl (C=O) groups is 1. The maximum atomic E-state index is 13.4. The monoisotopic (exact) mass is 533 g/mol. The molecule has 2 aromatic carbocycles. The van der Waals surface area contributed by atoms with Crippen molar-refractivity contribution >= 4 is 27.5 Å². The summed E-state index contributed by atoms with van der Waals surface area (Å²) in [5.74, 6) is 0.641. The molecule has 2 aromatic rings. The lowest BCUT2D eigenvalue weighted by atomic mass is 9.98. The predicted octanol–water partition coefficient (Wildman–Crippen LogP) is 4.72. The van der Waals surface area contributed by atoms with Gasteiger partial charge in [0.15, 0.2) is 0 Å². The SMILES string of the molecule is Cc1c(Cl)cccc1S(=O)(=O)N1CCC[C@H]1CC(=O)N[C@@H]1CCOc2cc(CNC(C)(C)C)ccc21. The van der Waals surface area contributed by atoms with Crippen molar-refractivity contribution in [1.82, 2.24) is 14.9 Å². The Hall–Kier alpha value is -2.13. The van der Waals surface area contributed by atoms with Crippen molar-refractivity contribution in [1.29, 1.82) is 0 Å². The Balaban J connectivity index is 1.43. The van der Waals surface area contributed by atoms with Crippen LogP contribution in [-0.2, 0) is 21.4 Å². The summed E-state index contributed by atoms with van der Waals surface area (Å²) < 4.78 is 34.2. The molecule has 196 valence electrons. The van der Waals surface area contributed by atoms with Crippen molar-refractivity contribution in [3.05, 3.63) is 58.1 Å². The van der Waals surface area contributed by atoms with Gasteiger partial charge in [-0.05, 0) is 69.9 Å². The number of hydrogen-bond donors (Lipinski definition) is 2. The van der Waals surface area contributed by atoms with Crippen molar-refractivity contribution < 1.29 is 17.9 Å². The summed E-state index contributed by atoms with van der Waals surface area (Å²) in [7, 11) is -3.75. The lowest BCUT2D eigenvalue weighted by Crippen LogP contribution is -2.40. The number of rotatable bonds is 7. The maximum Gasteiger partial charge on any atom is 0.243 e. The fraction of sp³-hybridized carbons (Fsp3) is 0.519. The summed E-state index contributed by atoms with van der Waals surface area (Å²) in [4.78, 5) is 13.3. The Morgan fingerprint density at radius 1 is 1.19 bits per heavy atom. The minimum atomic E-state index is -3.75. The van der Waals surface area contributed by atoms with Crippen molar-refractivity contribution in [2.24, 2.45) is 0 Å². The molecule has 0 bridgehead atoms. The zero-order valence-corrected chi connectivity index (χ0v) is 23.0. The molecular formula is C27H36ClN3O4S. The van der Waals surface area contributed by atoms with E-state index >= 15 is 0 Å². The molecule has 0 aliphatic carbocycles. The average Bonchev–Trinajstić information content (AvgIpc) is 3.28. The first-order valence-corrected chi connectivity index (χ1v) is 14.3. The Morgan fingerprint density at radius 3 is 2.72 bits per heavy atom. The average molecular weight is 534 g/mol. The minimum absolute atomic E-state index is 0.0142. The number of ether oxygens (including phenoxy) is 1. The van der Waals surface area contributed by atoms with Crippen LogP contribution in [0.25, 0.3) is 0 Å². The van der Waals surface area contributed by atoms with Gasteiger partial charge in [0.25, 0.3) is 0 Å². The van der Waals surface area contributed by atoms with Crippen LogP contribution in [0.1, 0.15) is 69.2 Å². The Labute approximate surface area is 219 Å². The largest absolute Gasteiger partial charge is 0.493 e. The highest BCUT2D eigenvalue weighted by atomic mass is 35.5. The molecular weight excluding hydrogens is 498 g/mol. The summed E-state index contributed by atoms with van der Waals surface area (Å²) in [6.45, 7) is 9.74. The van der Waals surface area contributed by atoms with Gasteiger partial charge in [-0.25, -0.2) is 8.42 Å². The van der Waals surface area contributed by atoms with Gasteiger partial charge in [0, 0.05) is 48.1 Å². The van der Waals surface area contributed by atoms with E-state index in [1.54, 1.807) is 25.1 Å². The van der Waals surface area contributed by atoms with E-state index in [0.717, 1.165) is 29.8 Å². The molecule has 1 saturated heterocycles. The molecule has 0 saturated carbocycles. The molecule has 1 amide bonds. The fourth-order valence-electron chi connectivity index (χ4n) is 4.85. The molecule has 0 aromatic heterocycles. The zero-order chi connectivity index (χ0) is 26.1. The van der Waals surface area contributed by atoms with Gasteiger partial charge >= 0.3 is 0 Å². The summed E-state index contributed by atoms with van der Waals surface area (Å²) in [6.07, 6.45) is 2.18. The van der Waals surface area contributed by atoms with Gasteiger partial charge in [-0.1, -0.05) is 29.8 Å². The molecule has 9 heteroatoms. The van der Waals surface area contributed by atoms with Crippen molar-refractivity contribution in [3.63, 3.8) is 0 Å². The number of carbonyl (C=O) groups excluding carboxylic acids is 1. The first kappa shape index (κ1) is 26.9. The second kappa shape index (κ2) is 10.7. The third kappa shape index (κ3) is 6.05. The van der Waals surface area contributed by atoms with Gasteiger partial charge in [0.05, 0.1) is 17.5 Å². The van der Waals surface area contributed by atoms with E-state index in [4.69, 9.17) is 16.3 Å². The van der Waals surface area contributed by atoms with E-state index in [2.05, 4.69) is 37.5 Å². The highest BCUT2D eigenvalue weighted by molar-refractivity contribution is 7.89. The van der Waals surface area contributed by atoms with Gasteiger partial charge in [-0.2, -0.15) is 4.31 Å². The molecule has 2 heterocycles. The van der Waals surface area contributed by atoms with Gasteiger partial charge in [-0.3, -0.25) is 4.79 Å². The van der Waals surface area contributed by atoms with Crippen molar-refractivity contribution in [2.45, 2.75) is 82.4 Å². The van der Waals surface area contributed by atoms with Crippen LogP contribution < -0.4 is 15.4 Å². The van der Waals surface area contributed by atoms with E-state index < -0.39 is 10.0 Å². The Bertz CT molecular complexity index is 1230. The molecule has 1 fully saturated rings. The first-order valence-electron chi connectivity index (χ1n) is 12.5. The lowest BCUT2D eigenvalue weighted by Gasteiger charge is -2.29. The van der Waals surface area contributed by atoms with E-state index in [-0.39, 0.29) is 34.8 Å². The van der Waals surface area contributed by atoms with Crippen LogP contribution in [0, 0.1) is 6.92 Å². The molecule has 2 aliphatic rings. The van der Waals surface area contributed by atoms with Crippen LogP contribution in [0.3, 0.4) is 0 Å². The number of hydrogen-bond acceptors (Lipinski definition) is 5. The number of amides is 1. The van der Waals surface area contributed by atoms with Crippen LogP contribution >= 0.6 is 11.6 Å². The van der Waals surface area contributed by atoms with E-state index in [1.807, 2.05) is 12.1 Å². The molecule has 4 rings (SSSR count). The highest BCUT2D eigenvalue weighted by Gasteiger charge is 2.37. The molecule has 0 spiro atoms. The molecule has 0 radical (unpaired) electrons. The molecule has 2 aliphatic heterocycles. The fourth-order valence-corrected chi connectivity index (χ4v) is 7.02. The second-order valence-corrected chi connectivity index (χ2v) is 13.0. The van der Waals surface area contributed by atoms with Crippen LogP contribution in [0.5, 0.6) is 5.75 Å². The zero-order valence-electron chi connectivity index (χ0n) is 21.4. The summed E-state index contributed by atoms with van der Waals surface area (Å²) in [5, 5.41) is 7.03. The number of nitrogens with zero attached hydrogens (tertiary/aromatic N) is 1. The van der Waals surface area contributed by atoms with Crippen molar-refractivity contribution in [3.8, 4) is 5.75 Å². The summed E-state index contributed by atoms with van der Waals surface area (Å²) >= 11 is 6.18. The number of nitrogens with one attached hydrogen (secondary N) is 2. The normalized spacial score (nSPS) is 20.6. The van der Waals surface area contributed by atoms with E-state index in [9.17, 15) is 13.2 Å². The van der Waals surface area contributed by atoms with Gasteiger partial charge in [0.2, 0.25) is 15.9 Å². The molecule has 36 heavy (non-hydrogen) atoms. The standard InChI is InChI=1S/C27H36ClN3O4S/c1-18-22(28)8-5-9-25(18)36(33,34)31-13-6-7-20(31)16-26(32)30-23-12-14-35-24-15-19(10-11-21(23)24)17-29-27(2,3)4/h5,8-11,15,20,23,29H,6-7,12-14,16-17H2,1-4H3,(H,30,32)/t20-,23+/m0/s1. The van der Waals surface area contributed by atoms with E-state index in [1.165, 1.54) is 4.31 Å². The van der Waals surface area contributed by atoms with E-state index in [0.29, 0.717) is 36.6 Å². The first-order chi connectivity index (χ1) is 17.0. The molecule has 0 unspecified atom stereocenters. The van der Waals surface area contributed by atoms with Crippen LogP contribution in [0.4, 0.5) is 0 Å². The summed E-state index contributed by atoms with van der Waals surface area (Å²) in [6, 6.07) is 10.5. The quantitative estimate of drug-likeness (QED) is 0.537. The van der Waals surface area contributed by atoms with Crippen LogP contribution in [0.15, 0.2) is 41.3 Å². The number of sulfonamides is 1. The van der Waals surface area contributed by atoms with Crippen molar-refractivity contribution in [2.75, 3.05) is 13.2 Å². The maximum absolute atomic E-state index is 13.4. The molecule has 7 nitrogen and oxygen atoms in total. The lowest BCUT2D eigenvalue weighted by molar-refractivity contribution is -0.122. The number of halogens is 1. The van der Waals surface area contributed by atoms with Gasteiger partial charge in [0.1, 0.15) is 5.75 Å². The second-order valence-electron chi connectivity index (χ2n) is 10.7. The van der Waals surface area contributed by atoms with Gasteiger partial charge < -0.3 is 15.4 Å². The smallest absolute Gasteiger partial charge is 0.243 e. The summed E-state index contributed by atoms with van der Waals surface area (Å²) in [5.41, 5.74) is 2.63. The topological polar surface area (TPSA) is 87.7 Å². The molecule has 2 N–H and O–H groups in total. The highest BCUT2D eigenvalue weighted by Crippen LogP contribution is 2.34. The minimum Gasteiger partial charge on any atom is -0.493 e. The number of benzene rings is 2. The predicted molar refractivity (Wildman–Crippen MR) is 142 cm³/mol. The van der Waals surface area contributed by atoms with Gasteiger partial charge in [-0.15, -0.1) is 0 Å². The Kier molecular flexibility index (Phi) is 8.00. The molecule has 2 atom stereocenters. The third-order valence-corrected chi connectivity index (χ3v) is 9.33. The van der Waals surface area contributed by atoms with Crippen LogP contribution in [0.2, 0.25) is 5.02 Å². The third-order valence-electron chi connectivity index (χ3n) is 6.82. The number of fused-ring (bicyclic) bond motifs is 1. The van der Waals surface area contributed by atoms with Crippen LogP contribution in [-0.4, -0.2) is 43.4 Å². The Morgan fingerprint density at radius 2 is 1.97 bits per heavy atom.